The number of likely N-dealkylation sites (tertiary alicyclic amines) is 1. The van der Waals surface area contributed by atoms with E-state index in [0.717, 1.165) is 53.8 Å². The minimum atomic E-state index is -0.488. The van der Waals surface area contributed by atoms with Crippen molar-refractivity contribution in [3.63, 3.8) is 0 Å². The largest absolute Gasteiger partial charge is 0.445 e. The van der Waals surface area contributed by atoms with Crippen LogP contribution in [0, 0.1) is 0 Å². The van der Waals surface area contributed by atoms with Gasteiger partial charge in [0, 0.05) is 46.8 Å². The molecule has 1 saturated heterocycles. The Hall–Kier alpha value is -3.40. The first-order chi connectivity index (χ1) is 18.4. The molecule has 2 heterocycles. The van der Waals surface area contributed by atoms with Crippen LogP contribution in [0.1, 0.15) is 24.8 Å². The van der Waals surface area contributed by atoms with Crippen LogP contribution in [-0.2, 0) is 16.1 Å². The number of carbonyl (C=O) groups excluding carboxylic acids is 2. The number of rotatable bonds is 10. The Labute approximate surface area is 228 Å². The highest BCUT2D eigenvalue weighted by Crippen LogP contribution is 2.29. The minimum Gasteiger partial charge on any atom is -0.445 e. The summed E-state index contributed by atoms with van der Waals surface area (Å²) in [6.45, 7) is 3.50. The third-order valence-electron chi connectivity index (χ3n) is 6.27. The molecular formula is C28H35ClN6O3. The number of likely N-dealkylation sites (N-methyl/N-ethyl adjacent to an activating group) is 1. The lowest BCUT2D eigenvalue weighted by atomic mass is 10.1. The van der Waals surface area contributed by atoms with E-state index >= 15 is 0 Å². The van der Waals surface area contributed by atoms with Crippen LogP contribution in [0.2, 0.25) is 5.02 Å². The number of alkyl carbamates (subject to hydrolysis) is 1. The standard InChI is InChI=1S/C28H35ClN6O3/c1-34(2)13-10-31-28(37)38-19-20-14-22(32-25-8-9-30-26-16-21(29)6-7-24(25)26)17-23(15-20)33-27(36)18-35-11-4-3-5-12-35/h6-9,14-17H,3-5,10-13,18-19H2,1-2H3,(H,30,32)(H,31,37)(H,33,36). The third-order valence-corrected chi connectivity index (χ3v) is 6.51. The van der Waals surface area contributed by atoms with Gasteiger partial charge in [0.2, 0.25) is 5.91 Å². The van der Waals surface area contributed by atoms with Crippen LogP contribution in [0.25, 0.3) is 10.9 Å². The Bertz CT molecular complexity index is 1260. The van der Waals surface area contributed by atoms with Gasteiger partial charge in [-0.2, -0.15) is 0 Å². The number of amides is 2. The molecule has 0 radical (unpaired) electrons. The Balaban J connectivity index is 1.51. The van der Waals surface area contributed by atoms with Crippen molar-refractivity contribution in [1.29, 1.82) is 0 Å². The molecule has 0 aliphatic carbocycles. The Morgan fingerprint density at radius 2 is 1.84 bits per heavy atom. The number of halogens is 1. The van der Waals surface area contributed by atoms with Gasteiger partial charge in [-0.3, -0.25) is 14.7 Å². The van der Waals surface area contributed by atoms with Crippen molar-refractivity contribution in [2.75, 3.05) is 57.5 Å². The summed E-state index contributed by atoms with van der Waals surface area (Å²) in [6.07, 6.45) is 4.69. The van der Waals surface area contributed by atoms with Gasteiger partial charge >= 0.3 is 6.09 Å². The number of fused-ring (bicyclic) bond motifs is 1. The van der Waals surface area contributed by atoms with E-state index in [9.17, 15) is 9.59 Å². The molecule has 10 heteroatoms. The van der Waals surface area contributed by atoms with Crippen molar-refractivity contribution < 1.29 is 14.3 Å². The topological polar surface area (TPSA) is 98.8 Å². The number of ether oxygens (including phenoxy) is 1. The van der Waals surface area contributed by atoms with Crippen LogP contribution in [0.3, 0.4) is 0 Å². The summed E-state index contributed by atoms with van der Waals surface area (Å²) in [6, 6.07) is 13.0. The second-order valence-electron chi connectivity index (χ2n) is 9.75. The van der Waals surface area contributed by atoms with E-state index in [0.29, 0.717) is 30.3 Å². The molecule has 3 aromatic rings. The van der Waals surface area contributed by atoms with Gasteiger partial charge in [-0.1, -0.05) is 18.0 Å². The molecule has 0 saturated carbocycles. The van der Waals surface area contributed by atoms with Crippen molar-refractivity contribution in [2.45, 2.75) is 25.9 Å². The van der Waals surface area contributed by atoms with Gasteiger partial charge in [0.1, 0.15) is 6.61 Å². The second-order valence-corrected chi connectivity index (χ2v) is 10.2. The number of aromatic nitrogens is 1. The van der Waals surface area contributed by atoms with Crippen LogP contribution in [0.5, 0.6) is 0 Å². The molecule has 0 bridgehead atoms. The summed E-state index contributed by atoms with van der Waals surface area (Å²) >= 11 is 6.15. The summed E-state index contributed by atoms with van der Waals surface area (Å²) < 4.78 is 5.44. The second kappa shape index (κ2) is 13.4. The van der Waals surface area contributed by atoms with Gasteiger partial charge in [0.05, 0.1) is 12.1 Å². The van der Waals surface area contributed by atoms with E-state index in [1.165, 1.54) is 6.42 Å². The van der Waals surface area contributed by atoms with Gasteiger partial charge in [-0.15, -0.1) is 0 Å². The zero-order chi connectivity index (χ0) is 26.9. The molecule has 2 aromatic carbocycles. The first kappa shape index (κ1) is 27.6. The van der Waals surface area contributed by atoms with E-state index < -0.39 is 6.09 Å². The normalized spacial score (nSPS) is 13.9. The Kier molecular flexibility index (Phi) is 9.75. The van der Waals surface area contributed by atoms with Crippen LogP contribution in [0.4, 0.5) is 21.9 Å². The summed E-state index contributed by atoms with van der Waals surface area (Å²) in [5.41, 5.74) is 3.73. The molecule has 4 rings (SSSR count). The number of piperidine rings is 1. The molecule has 9 nitrogen and oxygen atoms in total. The molecule has 202 valence electrons. The summed E-state index contributed by atoms with van der Waals surface area (Å²) in [7, 11) is 3.88. The number of pyridine rings is 1. The average Bonchev–Trinajstić information content (AvgIpc) is 2.87. The van der Waals surface area contributed by atoms with Crippen LogP contribution in [0.15, 0.2) is 48.7 Å². The number of carbonyl (C=O) groups is 2. The molecule has 1 aliphatic heterocycles. The fraction of sp³-hybridized carbons (Fsp3) is 0.393. The SMILES string of the molecule is CN(C)CCNC(=O)OCc1cc(NC(=O)CN2CCCCC2)cc(Nc2ccnc3cc(Cl)ccc23)c1. The highest BCUT2D eigenvalue weighted by Gasteiger charge is 2.15. The maximum Gasteiger partial charge on any atom is 0.407 e. The van der Waals surface area contributed by atoms with Crippen LogP contribution < -0.4 is 16.0 Å². The molecule has 0 spiro atoms. The number of hydrogen-bond donors (Lipinski definition) is 3. The molecule has 3 N–H and O–H groups in total. The van der Waals surface area contributed by atoms with E-state index in [4.69, 9.17) is 16.3 Å². The number of nitrogens with zero attached hydrogens (tertiary/aromatic N) is 3. The lowest BCUT2D eigenvalue weighted by Gasteiger charge is -2.25. The summed E-state index contributed by atoms with van der Waals surface area (Å²) in [5.74, 6) is -0.0682. The number of benzene rings is 2. The Morgan fingerprint density at radius 3 is 2.63 bits per heavy atom. The van der Waals surface area contributed by atoms with Crippen molar-refractivity contribution in [3.05, 3.63) is 59.2 Å². The fourth-order valence-electron chi connectivity index (χ4n) is 4.41. The summed E-state index contributed by atoms with van der Waals surface area (Å²) in [4.78, 5) is 33.5. The number of nitrogens with one attached hydrogen (secondary N) is 3. The van der Waals surface area contributed by atoms with Gasteiger partial charge < -0.3 is 25.6 Å². The van der Waals surface area contributed by atoms with Crippen molar-refractivity contribution in [3.8, 4) is 0 Å². The third kappa shape index (κ3) is 8.31. The first-order valence-corrected chi connectivity index (χ1v) is 13.3. The zero-order valence-corrected chi connectivity index (χ0v) is 22.7. The molecule has 2 amide bonds. The lowest BCUT2D eigenvalue weighted by molar-refractivity contribution is -0.117. The number of anilines is 3. The molecule has 1 aliphatic rings. The molecule has 38 heavy (non-hydrogen) atoms. The highest BCUT2D eigenvalue weighted by molar-refractivity contribution is 6.31. The maximum absolute atomic E-state index is 12.8. The fourth-order valence-corrected chi connectivity index (χ4v) is 4.57. The van der Waals surface area contributed by atoms with Crippen molar-refractivity contribution >= 4 is 51.6 Å². The summed E-state index contributed by atoms with van der Waals surface area (Å²) in [5, 5.41) is 10.7. The number of hydrogen-bond acceptors (Lipinski definition) is 7. The molecular weight excluding hydrogens is 504 g/mol. The average molecular weight is 539 g/mol. The van der Waals surface area contributed by atoms with Crippen molar-refractivity contribution in [2.24, 2.45) is 0 Å². The Morgan fingerprint density at radius 1 is 1.05 bits per heavy atom. The zero-order valence-electron chi connectivity index (χ0n) is 21.9. The van der Waals surface area contributed by atoms with Gasteiger partial charge in [-0.05, 0) is 88.1 Å². The predicted molar refractivity (Wildman–Crippen MR) is 152 cm³/mol. The molecule has 0 atom stereocenters. The lowest BCUT2D eigenvalue weighted by Crippen LogP contribution is -2.36. The minimum absolute atomic E-state index is 0.0605. The van der Waals surface area contributed by atoms with Crippen molar-refractivity contribution in [1.82, 2.24) is 20.1 Å². The quantitative estimate of drug-likeness (QED) is 0.339. The van der Waals surface area contributed by atoms with Gasteiger partial charge in [-0.25, -0.2) is 4.79 Å². The first-order valence-electron chi connectivity index (χ1n) is 12.9. The van der Waals surface area contributed by atoms with Gasteiger partial charge in [0.15, 0.2) is 0 Å². The maximum atomic E-state index is 12.8. The van der Waals surface area contributed by atoms with Crippen LogP contribution in [-0.4, -0.2) is 73.6 Å². The monoisotopic (exact) mass is 538 g/mol. The smallest absolute Gasteiger partial charge is 0.407 e. The van der Waals surface area contributed by atoms with Crippen LogP contribution >= 0.6 is 11.6 Å². The van der Waals surface area contributed by atoms with E-state index in [1.54, 1.807) is 6.20 Å². The van der Waals surface area contributed by atoms with Gasteiger partial charge in [0.25, 0.3) is 0 Å². The molecule has 1 aromatic heterocycles. The van der Waals surface area contributed by atoms with E-state index in [1.807, 2.05) is 61.5 Å². The highest BCUT2D eigenvalue weighted by atomic mass is 35.5. The molecule has 0 unspecified atom stereocenters. The van der Waals surface area contributed by atoms with E-state index in [-0.39, 0.29) is 12.5 Å². The predicted octanol–water partition coefficient (Wildman–Crippen LogP) is 4.84. The van der Waals surface area contributed by atoms with E-state index in [2.05, 4.69) is 25.8 Å². The molecule has 1 fully saturated rings.